The SMILES string of the molecule is CCOC(=O)c1c(-c2ccc(C)o2)nc2ncnn2c1N. The van der Waals surface area contributed by atoms with Crippen LogP contribution >= 0.6 is 0 Å². The fourth-order valence-corrected chi connectivity index (χ4v) is 2.01. The number of esters is 1. The zero-order chi connectivity index (χ0) is 15.0. The molecule has 0 radical (unpaired) electrons. The highest BCUT2D eigenvalue weighted by atomic mass is 16.5. The average molecular weight is 287 g/mol. The second kappa shape index (κ2) is 4.89. The molecule has 0 fully saturated rings. The summed E-state index contributed by atoms with van der Waals surface area (Å²) in [5.74, 6) is 0.933. The van der Waals surface area contributed by atoms with Crippen LogP contribution in [0, 0.1) is 6.92 Å². The Labute approximate surface area is 119 Å². The van der Waals surface area contributed by atoms with E-state index in [1.165, 1.54) is 10.8 Å². The van der Waals surface area contributed by atoms with Crippen molar-refractivity contribution in [3.05, 3.63) is 29.8 Å². The first-order chi connectivity index (χ1) is 10.1. The molecule has 0 saturated heterocycles. The number of carbonyl (C=O) groups excluding carboxylic acids is 1. The van der Waals surface area contributed by atoms with E-state index in [0.717, 1.165) is 0 Å². The van der Waals surface area contributed by atoms with Gasteiger partial charge < -0.3 is 14.9 Å². The minimum Gasteiger partial charge on any atom is -0.462 e. The predicted molar refractivity (Wildman–Crippen MR) is 73.6 cm³/mol. The summed E-state index contributed by atoms with van der Waals surface area (Å²) in [6.45, 7) is 3.74. The molecule has 0 aliphatic carbocycles. The Bertz CT molecular complexity index is 820. The van der Waals surface area contributed by atoms with Crippen LogP contribution in [0.4, 0.5) is 5.82 Å². The second-order valence-corrected chi connectivity index (χ2v) is 4.32. The van der Waals surface area contributed by atoms with E-state index in [2.05, 4.69) is 15.1 Å². The van der Waals surface area contributed by atoms with Crippen molar-refractivity contribution in [1.82, 2.24) is 19.6 Å². The van der Waals surface area contributed by atoms with Crippen LogP contribution in [0.2, 0.25) is 0 Å². The molecule has 3 heterocycles. The number of fused-ring (bicyclic) bond motifs is 1. The molecule has 2 N–H and O–H groups in total. The van der Waals surface area contributed by atoms with Crippen LogP contribution in [0.1, 0.15) is 23.0 Å². The number of rotatable bonds is 3. The number of nitrogen functional groups attached to an aromatic ring is 1. The van der Waals surface area contributed by atoms with E-state index in [1.54, 1.807) is 26.0 Å². The first-order valence-electron chi connectivity index (χ1n) is 6.35. The molecule has 108 valence electrons. The molecule has 0 saturated carbocycles. The molecule has 0 unspecified atom stereocenters. The Morgan fingerprint density at radius 1 is 1.48 bits per heavy atom. The van der Waals surface area contributed by atoms with E-state index < -0.39 is 5.97 Å². The number of furan rings is 1. The van der Waals surface area contributed by atoms with Crippen LogP contribution < -0.4 is 5.73 Å². The highest BCUT2D eigenvalue weighted by Gasteiger charge is 2.24. The third-order valence-corrected chi connectivity index (χ3v) is 2.92. The lowest BCUT2D eigenvalue weighted by Gasteiger charge is -2.10. The van der Waals surface area contributed by atoms with Gasteiger partial charge in [0.1, 0.15) is 29.2 Å². The molecular formula is C13H13N5O3. The van der Waals surface area contributed by atoms with Gasteiger partial charge in [-0.05, 0) is 26.0 Å². The minimum atomic E-state index is -0.580. The highest BCUT2D eigenvalue weighted by Crippen LogP contribution is 2.28. The van der Waals surface area contributed by atoms with E-state index in [-0.39, 0.29) is 23.8 Å². The van der Waals surface area contributed by atoms with Crippen molar-refractivity contribution in [1.29, 1.82) is 0 Å². The van der Waals surface area contributed by atoms with Gasteiger partial charge in [-0.1, -0.05) is 0 Å². The summed E-state index contributed by atoms with van der Waals surface area (Å²) in [6, 6.07) is 3.49. The van der Waals surface area contributed by atoms with Gasteiger partial charge in [-0.2, -0.15) is 14.6 Å². The van der Waals surface area contributed by atoms with Crippen LogP contribution in [0.5, 0.6) is 0 Å². The average Bonchev–Trinajstić information content (AvgIpc) is 3.07. The third kappa shape index (κ3) is 2.10. The van der Waals surface area contributed by atoms with E-state index in [1.807, 2.05) is 0 Å². The molecular weight excluding hydrogens is 274 g/mol. The summed E-state index contributed by atoms with van der Waals surface area (Å²) in [7, 11) is 0. The molecule has 8 heteroatoms. The van der Waals surface area contributed by atoms with Crippen LogP contribution in [-0.4, -0.2) is 32.2 Å². The molecule has 3 aromatic heterocycles. The van der Waals surface area contributed by atoms with Gasteiger partial charge in [-0.25, -0.2) is 9.78 Å². The Morgan fingerprint density at radius 3 is 2.95 bits per heavy atom. The lowest BCUT2D eigenvalue weighted by Crippen LogP contribution is -2.15. The summed E-state index contributed by atoms with van der Waals surface area (Å²) < 4.78 is 11.9. The maximum Gasteiger partial charge on any atom is 0.344 e. The number of carbonyl (C=O) groups is 1. The van der Waals surface area contributed by atoms with Gasteiger partial charge in [0.25, 0.3) is 5.78 Å². The molecule has 0 aliphatic rings. The number of nitrogens with two attached hydrogens (primary N) is 1. The molecule has 0 aliphatic heterocycles. The maximum absolute atomic E-state index is 12.2. The fraction of sp³-hybridized carbons (Fsp3) is 0.231. The molecule has 8 nitrogen and oxygen atoms in total. The van der Waals surface area contributed by atoms with Gasteiger partial charge in [0.2, 0.25) is 0 Å². The molecule has 0 amide bonds. The van der Waals surface area contributed by atoms with Gasteiger partial charge in [0, 0.05) is 0 Å². The minimum absolute atomic E-state index is 0.111. The monoisotopic (exact) mass is 287 g/mol. The normalized spacial score (nSPS) is 11.0. The predicted octanol–water partition coefficient (Wildman–Crippen LogP) is 1.45. The van der Waals surface area contributed by atoms with Crippen molar-refractivity contribution in [3.8, 4) is 11.5 Å². The molecule has 0 spiro atoms. The lowest BCUT2D eigenvalue weighted by molar-refractivity contribution is 0.0527. The summed E-state index contributed by atoms with van der Waals surface area (Å²) in [4.78, 5) is 20.5. The second-order valence-electron chi connectivity index (χ2n) is 4.32. The Balaban J connectivity index is 2.29. The molecule has 0 atom stereocenters. The van der Waals surface area contributed by atoms with Gasteiger partial charge in [-0.3, -0.25) is 0 Å². The van der Waals surface area contributed by atoms with Crippen molar-refractivity contribution >= 4 is 17.6 Å². The fourth-order valence-electron chi connectivity index (χ4n) is 2.01. The number of nitrogens with zero attached hydrogens (tertiary/aromatic N) is 4. The topological polar surface area (TPSA) is 109 Å². The Kier molecular flexibility index (Phi) is 3.05. The standard InChI is InChI=1S/C13H13N5O3/c1-3-20-12(19)9-10(8-5-4-7(2)21-8)17-13-15-6-16-18(13)11(9)14/h4-6H,3,14H2,1-2H3. The first-order valence-corrected chi connectivity index (χ1v) is 6.35. The van der Waals surface area contributed by atoms with Crippen LogP contribution in [-0.2, 0) is 4.74 Å². The smallest absolute Gasteiger partial charge is 0.344 e. The zero-order valence-corrected chi connectivity index (χ0v) is 11.5. The summed E-state index contributed by atoms with van der Waals surface area (Å²) >= 11 is 0. The van der Waals surface area contributed by atoms with E-state index in [0.29, 0.717) is 17.2 Å². The molecule has 3 aromatic rings. The summed E-state index contributed by atoms with van der Waals surface area (Å²) in [6.07, 6.45) is 1.31. The summed E-state index contributed by atoms with van der Waals surface area (Å²) in [5.41, 5.74) is 6.42. The van der Waals surface area contributed by atoms with E-state index in [9.17, 15) is 4.79 Å². The van der Waals surface area contributed by atoms with Crippen LogP contribution in [0.3, 0.4) is 0 Å². The van der Waals surface area contributed by atoms with E-state index in [4.69, 9.17) is 14.9 Å². The number of ether oxygens (including phenoxy) is 1. The van der Waals surface area contributed by atoms with Crippen molar-refractivity contribution in [2.75, 3.05) is 12.3 Å². The van der Waals surface area contributed by atoms with Crippen molar-refractivity contribution in [2.24, 2.45) is 0 Å². The number of hydrogen-bond donors (Lipinski definition) is 1. The molecule has 21 heavy (non-hydrogen) atoms. The Hall–Kier alpha value is -2.90. The van der Waals surface area contributed by atoms with Gasteiger partial charge in [-0.15, -0.1) is 0 Å². The zero-order valence-electron chi connectivity index (χ0n) is 11.5. The van der Waals surface area contributed by atoms with Crippen molar-refractivity contribution in [2.45, 2.75) is 13.8 Å². The van der Waals surface area contributed by atoms with Crippen molar-refractivity contribution < 1.29 is 13.9 Å². The summed E-state index contributed by atoms with van der Waals surface area (Å²) in [5, 5.41) is 3.94. The molecule has 0 aromatic carbocycles. The van der Waals surface area contributed by atoms with Crippen molar-refractivity contribution in [3.63, 3.8) is 0 Å². The van der Waals surface area contributed by atoms with E-state index >= 15 is 0 Å². The van der Waals surface area contributed by atoms with Gasteiger partial charge in [0.05, 0.1) is 6.61 Å². The van der Waals surface area contributed by atoms with Crippen LogP contribution in [0.25, 0.3) is 17.2 Å². The maximum atomic E-state index is 12.2. The number of hydrogen-bond acceptors (Lipinski definition) is 7. The van der Waals surface area contributed by atoms with Gasteiger partial charge in [0.15, 0.2) is 5.76 Å². The third-order valence-electron chi connectivity index (χ3n) is 2.92. The Morgan fingerprint density at radius 2 is 2.29 bits per heavy atom. The van der Waals surface area contributed by atoms with Crippen LogP contribution in [0.15, 0.2) is 22.9 Å². The van der Waals surface area contributed by atoms with Gasteiger partial charge >= 0.3 is 5.97 Å². The molecule has 0 bridgehead atoms. The first kappa shape index (κ1) is 13.1. The number of anilines is 1. The largest absolute Gasteiger partial charge is 0.462 e. The highest BCUT2D eigenvalue weighted by molar-refractivity contribution is 6.00. The lowest BCUT2D eigenvalue weighted by atomic mass is 10.1. The number of aryl methyl sites for hydroxylation is 1. The molecule has 3 rings (SSSR count). The quantitative estimate of drug-likeness (QED) is 0.726. The number of aromatic nitrogens is 4.